The topological polar surface area (TPSA) is 93.2 Å². The molecule has 0 saturated carbocycles. The first kappa shape index (κ1) is 22.1. The quantitative estimate of drug-likeness (QED) is 0.731. The van der Waals surface area contributed by atoms with Crippen LogP contribution < -0.4 is 15.4 Å². The second-order valence-electron chi connectivity index (χ2n) is 6.55. The summed E-state index contributed by atoms with van der Waals surface area (Å²) in [5.74, 6) is -0.725. The summed E-state index contributed by atoms with van der Waals surface area (Å²) in [5, 5.41) is 5.31. The van der Waals surface area contributed by atoms with E-state index in [0.29, 0.717) is 16.8 Å². The Hall–Kier alpha value is -3.17. The van der Waals surface area contributed by atoms with Crippen molar-refractivity contribution in [3.63, 3.8) is 0 Å². The van der Waals surface area contributed by atoms with E-state index in [9.17, 15) is 22.8 Å². The summed E-state index contributed by atoms with van der Waals surface area (Å²) in [5.41, 5.74) is 1.36. The van der Waals surface area contributed by atoms with E-state index in [4.69, 9.17) is 0 Å². The number of carbonyl (C=O) groups is 2. The number of anilines is 1. The number of hydrogen-bond acceptors (Lipinski definition) is 5. The number of amides is 2. The van der Waals surface area contributed by atoms with E-state index in [0.717, 1.165) is 0 Å². The first-order chi connectivity index (χ1) is 13.5. The Bertz CT molecular complexity index is 885. The van der Waals surface area contributed by atoms with E-state index >= 15 is 0 Å². The lowest BCUT2D eigenvalue weighted by molar-refractivity contribution is -0.154. The monoisotopic (exact) mass is 410 g/mol. The summed E-state index contributed by atoms with van der Waals surface area (Å²) >= 11 is 0. The van der Waals surface area contributed by atoms with Crippen LogP contribution in [0.3, 0.4) is 0 Å². The summed E-state index contributed by atoms with van der Waals surface area (Å²) in [6, 6.07) is 5.80. The number of aryl methyl sites for hydroxylation is 1. The molecule has 2 rings (SSSR count). The van der Waals surface area contributed by atoms with Gasteiger partial charge in [-0.25, -0.2) is 9.97 Å². The van der Waals surface area contributed by atoms with Gasteiger partial charge in [0.2, 0.25) is 11.8 Å². The number of rotatable bonds is 7. The summed E-state index contributed by atoms with van der Waals surface area (Å²) in [4.78, 5) is 32.1. The number of carbonyl (C=O) groups excluding carboxylic acids is 2. The van der Waals surface area contributed by atoms with E-state index in [1.165, 1.54) is 30.5 Å². The van der Waals surface area contributed by atoms with Crippen LogP contribution in [0.15, 0.2) is 30.5 Å². The maximum Gasteiger partial charge on any atom is 0.422 e. The third-order valence-electron chi connectivity index (χ3n) is 3.79. The molecule has 0 radical (unpaired) electrons. The first-order valence-electron chi connectivity index (χ1n) is 8.76. The molecule has 2 aromatic heterocycles. The van der Waals surface area contributed by atoms with Gasteiger partial charge in [0.15, 0.2) is 6.61 Å². The fourth-order valence-electron chi connectivity index (χ4n) is 2.18. The third kappa shape index (κ3) is 7.05. The molecular weight excluding hydrogens is 389 g/mol. The third-order valence-corrected chi connectivity index (χ3v) is 3.79. The zero-order valence-corrected chi connectivity index (χ0v) is 16.1. The number of halogens is 3. The van der Waals surface area contributed by atoms with E-state index in [1.54, 1.807) is 20.8 Å². The molecule has 2 N–H and O–H groups in total. The zero-order chi connectivity index (χ0) is 21.6. The molecule has 0 spiro atoms. The molecule has 0 unspecified atom stereocenters. The molecule has 156 valence electrons. The lowest BCUT2D eigenvalue weighted by Gasteiger charge is -2.12. The van der Waals surface area contributed by atoms with E-state index in [2.05, 4.69) is 25.3 Å². The highest BCUT2D eigenvalue weighted by molar-refractivity contribution is 5.96. The second kappa shape index (κ2) is 9.35. The van der Waals surface area contributed by atoms with Gasteiger partial charge in [0.05, 0.1) is 0 Å². The van der Waals surface area contributed by atoms with Crippen molar-refractivity contribution in [2.24, 2.45) is 5.92 Å². The standard InChI is InChI=1S/C19H21F3N4O3/c1-11(2)17(27)26-15-8-13(6-7-23-15)18(28)24-9-14-4-5-16(25-12(14)3)29-10-19(20,21)22/h4-8,11H,9-10H2,1-3H3,(H,24,28)(H,23,26,27). The Balaban J connectivity index is 1.97. The number of alkyl halides is 3. The normalized spacial score (nSPS) is 11.3. The van der Waals surface area contributed by atoms with Crippen LogP contribution in [0.25, 0.3) is 0 Å². The molecule has 2 aromatic rings. The Morgan fingerprint density at radius 2 is 1.93 bits per heavy atom. The molecule has 0 aliphatic carbocycles. The number of pyridine rings is 2. The maximum atomic E-state index is 12.4. The van der Waals surface area contributed by atoms with Gasteiger partial charge in [-0.05, 0) is 24.6 Å². The highest BCUT2D eigenvalue weighted by atomic mass is 19.4. The van der Waals surface area contributed by atoms with Crippen molar-refractivity contribution in [2.75, 3.05) is 11.9 Å². The van der Waals surface area contributed by atoms with Gasteiger partial charge in [0, 0.05) is 36.0 Å². The van der Waals surface area contributed by atoms with Crippen LogP contribution >= 0.6 is 0 Å². The highest BCUT2D eigenvalue weighted by Crippen LogP contribution is 2.18. The predicted molar refractivity (Wildman–Crippen MR) is 99.4 cm³/mol. The van der Waals surface area contributed by atoms with Crippen LogP contribution in [0.2, 0.25) is 0 Å². The lowest BCUT2D eigenvalue weighted by atomic mass is 10.2. The number of nitrogens with one attached hydrogen (secondary N) is 2. The molecule has 29 heavy (non-hydrogen) atoms. The van der Waals surface area contributed by atoms with Gasteiger partial charge < -0.3 is 15.4 Å². The molecule has 0 aliphatic heterocycles. The second-order valence-corrected chi connectivity index (χ2v) is 6.55. The molecule has 10 heteroatoms. The Morgan fingerprint density at radius 1 is 1.21 bits per heavy atom. The molecule has 2 amide bonds. The van der Waals surface area contributed by atoms with Crippen LogP contribution in [0, 0.1) is 12.8 Å². The minimum Gasteiger partial charge on any atom is -0.468 e. The van der Waals surface area contributed by atoms with E-state index < -0.39 is 18.7 Å². The van der Waals surface area contributed by atoms with Gasteiger partial charge in [0.25, 0.3) is 5.91 Å². The maximum absolute atomic E-state index is 12.4. The van der Waals surface area contributed by atoms with Crippen molar-refractivity contribution >= 4 is 17.6 Å². The summed E-state index contributed by atoms with van der Waals surface area (Å²) in [7, 11) is 0. The molecule has 0 aliphatic rings. The molecule has 0 bridgehead atoms. The van der Waals surface area contributed by atoms with Gasteiger partial charge in [-0.2, -0.15) is 13.2 Å². The number of nitrogens with zero attached hydrogens (tertiary/aromatic N) is 2. The van der Waals surface area contributed by atoms with Gasteiger partial charge in [-0.1, -0.05) is 19.9 Å². The fourth-order valence-corrected chi connectivity index (χ4v) is 2.18. The minimum absolute atomic E-state index is 0.118. The Kier molecular flexibility index (Phi) is 7.13. The van der Waals surface area contributed by atoms with E-state index in [1.807, 2.05) is 0 Å². The smallest absolute Gasteiger partial charge is 0.422 e. The average Bonchev–Trinajstić information content (AvgIpc) is 2.65. The summed E-state index contributed by atoms with van der Waals surface area (Å²) < 4.78 is 41.2. The molecule has 0 atom stereocenters. The van der Waals surface area contributed by atoms with Crippen LogP contribution in [0.1, 0.15) is 35.5 Å². The fraction of sp³-hybridized carbons (Fsp3) is 0.368. The van der Waals surface area contributed by atoms with Crippen molar-refractivity contribution in [2.45, 2.75) is 33.5 Å². The number of aromatic nitrogens is 2. The molecule has 0 aromatic carbocycles. The van der Waals surface area contributed by atoms with Gasteiger partial charge >= 0.3 is 6.18 Å². The van der Waals surface area contributed by atoms with Crippen LogP contribution in [-0.2, 0) is 11.3 Å². The highest BCUT2D eigenvalue weighted by Gasteiger charge is 2.28. The SMILES string of the molecule is Cc1nc(OCC(F)(F)F)ccc1CNC(=O)c1ccnc(NC(=O)C(C)C)c1. The lowest BCUT2D eigenvalue weighted by Crippen LogP contribution is -2.24. The minimum atomic E-state index is -4.44. The largest absolute Gasteiger partial charge is 0.468 e. The van der Waals surface area contributed by atoms with Crippen molar-refractivity contribution < 1.29 is 27.5 Å². The van der Waals surface area contributed by atoms with Crippen LogP contribution in [0.4, 0.5) is 19.0 Å². The Morgan fingerprint density at radius 3 is 2.55 bits per heavy atom. The molecule has 7 nitrogen and oxygen atoms in total. The summed E-state index contributed by atoms with van der Waals surface area (Å²) in [6.07, 6.45) is -3.04. The van der Waals surface area contributed by atoms with Gasteiger partial charge in [-0.3, -0.25) is 9.59 Å². The average molecular weight is 410 g/mol. The van der Waals surface area contributed by atoms with Gasteiger partial charge in [-0.15, -0.1) is 0 Å². The number of ether oxygens (including phenoxy) is 1. The van der Waals surface area contributed by atoms with Crippen molar-refractivity contribution in [1.82, 2.24) is 15.3 Å². The molecular formula is C19H21F3N4O3. The van der Waals surface area contributed by atoms with E-state index in [-0.39, 0.29) is 30.1 Å². The van der Waals surface area contributed by atoms with Crippen molar-refractivity contribution in [1.29, 1.82) is 0 Å². The van der Waals surface area contributed by atoms with Crippen LogP contribution in [0.5, 0.6) is 5.88 Å². The van der Waals surface area contributed by atoms with Crippen LogP contribution in [-0.4, -0.2) is 34.6 Å². The molecule has 0 saturated heterocycles. The van der Waals surface area contributed by atoms with Crippen molar-refractivity contribution in [3.05, 3.63) is 47.3 Å². The van der Waals surface area contributed by atoms with Gasteiger partial charge in [0.1, 0.15) is 5.82 Å². The first-order valence-corrected chi connectivity index (χ1v) is 8.76. The summed E-state index contributed by atoms with van der Waals surface area (Å²) in [6.45, 7) is 3.78. The zero-order valence-electron chi connectivity index (χ0n) is 16.1. The molecule has 0 fully saturated rings. The molecule has 2 heterocycles. The predicted octanol–water partition coefficient (Wildman–Crippen LogP) is 3.25. The number of hydrogen-bond donors (Lipinski definition) is 2. The Labute approximate surface area is 165 Å². The van der Waals surface area contributed by atoms with Crippen molar-refractivity contribution in [3.8, 4) is 5.88 Å².